The van der Waals surface area contributed by atoms with Gasteiger partial charge in [0, 0.05) is 5.56 Å². The van der Waals surface area contributed by atoms with Gasteiger partial charge in [0.25, 0.3) is 0 Å². The molecule has 15 heavy (non-hydrogen) atoms. The van der Waals surface area contributed by atoms with Gasteiger partial charge in [0.15, 0.2) is 0 Å². The van der Waals surface area contributed by atoms with Crippen LogP contribution in [-0.2, 0) is 0 Å². The summed E-state index contributed by atoms with van der Waals surface area (Å²) >= 11 is 0. The fraction of sp³-hybridized carbons (Fsp3) is 0.333. The van der Waals surface area contributed by atoms with Crippen molar-refractivity contribution >= 4 is 0 Å². The molecule has 0 bridgehead atoms. The van der Waals surface area contributed by atoms with Crippen molar-refractivity contribution in [2.24, 2.45) is 5.73 Å². The molecule has 0 aliphatic rings. The Labute approximate surface area is 88.9 Å². The molecule has 0 amide bonds. The summed E-state index contributed by atoms with van der Waals surface area (Å²) in [7, 11) is 0. The average Bonchev–Trinajstić information content (AvgIpc) is 2.71. The standard InChI is InChI=1S/C12H15NO2/c1-7-4-5-14-12(7)11(13)10-6-8(2)15-9(10)3/h4-6,11H,13H2,1-3H3. The van der Waals surface area contributed by atoms with Gasteiger partial charge >= 0.3 is 0 Å². The van der Waals surface area contributed by atoms with Crippen LogP contribution in [0, 0.1) is 20.8 Å². The van der Waals surface area contributed by atoms with Crippen LogP contribution in [0.25, 0.3) is 0 Å². The van der Waals surface area contributed by atoms with Gasteiger partial charge in [-0.3, -0.25) is 0 Å². The maximum absolute atomic E-state index is 6.12. The van der Waals surface area contributed by atoms with Crippen molar-refractivity contribution in [2.45, 2.75) is 26.8 Å². The van der Waals surface area contributed by atoms with E-state index < -0.39 is 0 Å². The molecule has 80 valence electrons. The van der Waals surface area contributed by atoms with Gasteiger partial charge in [-0.1, -0.05) is 0 Å². The summed E-state index contributed by atoms with van der Waals surface area (Å²) < 4.78 is 10.8. The quantitative estimate of drug-likeness (QED) is 0.820. The topological polar surface area (TPSA) is 52.3 Å². The molecule has 2 aromatic rings. The predicted molar refractivity (Wildman–Crippen MR) is 57.7 cm³/mol. The Hall–Kier alpha value is -1.48. The molecule has 0 aromatic carbocycles. The van der Waals surface area contributed by atoms with Gasteiger partial charge < -0.3 is 14.6 Å². The van der Waals surface area contributed by atoms with E-state index in [1.165, 1.54) is 0 Å². The first-order valence-corrected chi connectivity index (χ1v) is 4.96. The van der Waals surface area contributed by atoms with Crippen LogP contribution in [-0.4, -0.2) is 0 Å². The van der Waals surface area contributed by atoms with Crippen LogP contribution in [0.3, 0.4) is 0 Å². The lowest BCUT2D eigenvalue weighted by Gasteiger charge is -2.08. The summed E-state index contributed by atoms with van der Waals surface area (Å²) in [6.07, 6.45) is 1.66. The third kappa shape index (κ3) is 1.70. The number of aryl methyl sites for hydroxylation is 3. The Morgan fingerprint density at radius 3 is 2.47 bits per heavy atom. The van der Waals surface area contributed by atoms with E-state index in [1.807, 2.05) is 32.9 Å². The van der Waals surface area contributed by atoms with Crippen molar-refractivity contribution in [3.63, 3.8) is 0 Å². The molecule has 0 aliphatic carbocycles. The summed E-state index contributed by atoms with van der Waals surface area (Å²) in [5.41, 5.74) is 8.18. The minimum absolute atomic E-state index is 0.238. The number of hydrogen-bond acceptors (Lipinski definition) is 3. The fourth-order valence-corrected chi connectivity index (χ4v) is 1.80. The third-order valence-corrected chi connectivity index (χ3v) is 2.60. The molecule has 0 radical (unpaired) electrons. The van der Waals surface area contributed by atoms with Crippen molar-refractivity contribution in [3.8, 4) is 0 Å². The molecule has 2 rings (SSSR count). The van der Waals surface area contributed by atoms with Crippen LogP contribution in [0.2, 0.25) is 0 Å². The van der Waals surface area contributed by atoms with Crippen LogP contribution in [0.15, 0.2) is 27.2 Å². The lowest BCUT2D eigenvalue weighted by molar-refractivity contribution is 0.473. The molecular weight excluding hydrogens is 190 g/mol. The molecule has 2 heterocycles. The second-order valence-corrected chi connectivity index (χ2v) is 3.81. The Bertz CT molecular complexity index is 468. The Morgan fingerprint density at radius 1 is 1.27 bits per heavy atom. The van der Waals surface area contributed by atoms with Gasteiger partial charge in [-0.15, -0.1) is 0 Å². The molecule has 1 unspecified atom stereocenters. The zero-order valence-corrected chi connectivity index (χ0v) is 9.20. The Morgan fingerprint density at radius 2 is 2.00 bits per heavy atom. The minimum Gasteiger partial charge on any atom is -0.467 e. The molecule has 0 saturated carbocycles. The largest absolute Gasteiger partial charge is 0.467 e. The molecule has 0 spiro atoms. The highest BCUT2D eigenvalue weighted by Crippen LogP contribution is 2.27. The zero-order valence-electron chi connectivity index (χ0n) is 9.20. The van der Waals surface area contributed by atoms with E-state index in [9.17, 15) is 0 Å². The molecule has 2 aromatic heterocycles. The highest BCUT2D eigenvalue weighted by molar-refractivity contribution is 5.32. The van der Waals surface area contributed by atoms with Crippen molar-refractivity contribution < 1.29 is 8.83 Å². The van der Waals surface area contributed by atoms with Crippen LogP contribution in [0.1, 0.15) is 34.4 Å². The van der Waals surface area contributed by atoms with E-state index in [1.54, 1.807) is 6.26 Å². The smallest absolute Gasteiger partial charge is 0.128 e. The third-order valence-electron chi connectivity index (χ3n) is 2.60. The van der Waals surface area contributed by atoms with E-state index in [4.69, 9.17) is 14.6 Å². The van der Waals surface area contributed by atoms with Crippen LogP contribution >= 0.6 is 0 Å². The highest BCUT2D eigenvalue weighted by atomic mass is 16.3. The first kappa shape index (κ1) is 10.1. The predicted octanol–water partition coefficient (Wildman–Crippen LogP) is 2.85. The van der Waals surface area contributed by atoms with Crippen LogP contribution in [0.5, 0.6) is 0 Å². The summed E-state index contributed by atoms with van der Waals surface area (Å²) in [6, 6.07) is 3.64. The van der Waals surface area contributed by atoms with Gasteiger partial charge in [-0.2, -0.15) is 0 Å². The second kappa shape index (κ2) is 3.59. The number of hydrogen-bond donors (Lipinski definition) is 1. The van der Waals surface area contributed by atoms with Gasteiger partial charge in [0.2, 0.25) is 0 Å². The average molecular weight is 205 g/mol. The van der Waals surface area contributed by atoms with Crippen molar-refractivity contribution in [1.29, 1.82) is 0 Å². The molecule has 2 N–H and O–H groups in total. The second-order valence-electron chi connectivity index (χ2n) is 3.81. The van der Waals surface area contributed by atoms with E-state index in [2.05, 4.69) is 0 Å². The van der Waals surface area contributed by atoms with Gasteiger partial charge in [0.05, 0.1) is 12.3 Å². The molecule has 1 atom stereocenters. The molecule has 0 saturated heterocycles. The van der Waals surface area contributed by atoms with Crippen molar-refractivity contribution in [3.05, 3.63) is 46.8 Å². The first-order chi connectivity index (χ1) is 7.09. The van der Waals surface area contributed by atoms with Crippen LogP contribution in [0.4, 0.5) is 0 Å². The monoisotopic (exact) mass is 205 g/mol. The summed E-state index contributed by atoms with van der Waals surface area (Å²) in [4.78, 5) is 0. The van der Waals surface area contributed by atoms with Gasteiger partial charge in [-0.05, 0) is 38.5 Å². The van der Waals surface area contributed by atoms with Gasteiger partial charge in [-0.25, -0.2) is 0 Å². The van der Waals surface area contributed by atoms with E-state index in [0.29, 0.717) is 0 Å². The van der Waals surface area contributed by atoms with E-state index in [0.717, 1.165) is 28.4 Å². The fourth-order valence-electron chi connectivity index (χ4n) is 1.80. The number of rotatable bonds is 2. The summed E-state index contributed by atoms with van der Waals surface area (Å²) in [5.74, 6) is 2.54. The highest BCUT2D eigenvalue weighted by Gasteiger charge is 2.19. The summed E-state index contributed by atoms with van der Waals surface area (Å²) in [6.45, 7) is 5.82. The lowest BCUT2D eigenvalue weighted by atomic mass is 10.0. The maximum Gasteiger partial charge on any atom is 0.128 e. The van der Waals surface area contributed by atoms with Crippen molar-refractivity contribution in [2.75, 3.05) is 0 Å². The van der Waals surface area contributed by atoms with Gasteiger partial charge in [0.1, 0.15) is 17.3 Å². The molecular formula is C12H15NO2. The number of furan rings is 2. The molecule has 0 aliphatic heterocycles. The molecule has 0 fully saturated rings. The Kier molecular flexibility index (Phi) is 2.40. The van der Waals surface area contributed by atoms with E-state index >= 15 is 0 Å². The maximum atomic E-state index is 6.12. The summed E-state index contributed by atoms with van der Waals surface area (Å²) in [5, 5.41) is 0. The SMILES string of the molecule is Cc1cc(C(N)c2occc2C)c(C)o1. The number of nitrogens with two attached hydrogens (primary N) is 1. The lowest BCUT2D eigenvalue weighted by Crippen LogP contribution is -2.12. The zero-order chi connectivity index (χ0) is 11.0. The molecule has 3 heteroatoms. The normalized spacial score (nSPS) is 13.1. The Balaban J connectivity index is 2.40. The first-order valence-electron chi connectivity index (χ1n) is 4.96. The van der Waals surface area contributed by atoms with Crippen molar-refractivity contribution in [1.82, 2.24) is 0 Å². The molecule has 3 nitrogen and oxygen atoms in total. The van der Waals surface area contributed by atoms with E-state index in [-0.39, 0.29) is 6.04 Å². The van der Waals surface area contributed by atoms with Crippen LogP contribution < -0.4 is 5.73 Å². The minimum atomic E-state index is -0.238.